The molecule has 7 nitrogen and oxygen atoms in total. The Balaban J connectivity index is 1.37. The fourth-order valence-corrected chi connectivity index (χ4v) is 3.43. The van der Waals surface area contributed by atoms with E-state index in [9.17, 15) is 4.79 Å². The molecule has 0 atom stereocenters. The van der Waals surface area contributed by atoms with E-state index in [4.69, 9.17) is 19.1 Å². The van der Waals surface area contributed by atoms with Crippen LogP contribution >= 0.6 is 0 Å². The predicted molar refractivity (Wildman–Crippen MR) is 132 cm³/mol. The van der Waals surface area contributed by atoms with Gasteiger partial charge in [-0.05, 0) is 42.3 Å². The van der Waals surface area contributed by atoms with Gasteiger partial charge in [0.1, 0.15) is 30.4 Å². The van der Waals surface area contributed by atoms with Gasteiger partial charge in [-0.25, -0.2) is 4.98 Å². The van der Waals surface area contributed by atoms with Crippen LogP contribution in [0.15, 0.2) is 94.5 Å². The number of ether oxygens (including phenoxy) is 1. The molecule has 0 unspecified atom stereocenters. The lowest BCUT2D eigenvalue weighted by atomic mass is 10.1. The minimum atomic E-state index is -0.878. The Morgan fingerprint density at radius 1 is 0.943 bits per heavy atom. The van der Waals surface area contributed by atoms with Gasteiger partial charge in [0.2, 0.25) is 5.89 Å². The number of nitrogens with zero attached hydrogens (tertiary/aromatic N) is 2. The minimum Gasteiger partial charge on any atom is -0.487 e. The molecular weight excluding hydrogens is 444 g/mol. The summed E-state index contributed by atoms with van der Waals surface area (Å²) < 4.78 is 11.7. The first-order chi connectivity index (χ1) is 17.1. The largest absolute Gasteiger partial charge is 0.487 e. The summed E-state index contributed by atoms with van der Waals surface area (Å²) >= 11 is 0. The van der Waals surface area contributed by atoms with Gasteiger partial charge in [0.25, 0.3) is 0 Å². The predicted octanol–water partition coefficient (Wildman–Crippen LogP) is 6.01. The molecule has 1 heterocycles. The Bertz CT molecular complexity index is 1280. The molecule has 1 N–H and O–H groups in total. The Kier molecular flexibility index (Phi) is 7.91. The van der Waals surface area contributed by atoms with Crippen LogP contribution in [-0.2, 0) is 22.8 Å². The second-order valence-electron chi connectivity index (χ2n) is 7.90. The number of carboxylic acid groups (broad SMARTS) is 1. The maximum Gasteiger partial charge on any atom is 0.303 e. The van der Waals surface area contributed by atoms with Gasteiger partial charge in [0.05, 0.1) is 12.1 Å². The highest BCUT2D eigenvalue weighted by Crippen LogP contribution is 2.23. The van der Waals surface area contributed by atoms with E-state index >= 15 is 0 Å². The molecule has 0 aliphatic heterocycles. The van der Waals surface area contributed by atoms with E-state index < -0.39 is 5.97 Å². The molecule has 0 saturated carbocycles. The number of hydrogen-bond acceptors (Lipinski definition) is 6. The molecule has 0 bridgehead atoms. The number of oxime groups is 1. The van der Waals surface area contributed by atoms with Gasteiger partial charge >= 0.3 is 5.97 Å². The van der Waals surface area contributed by atoms with Crippen molar-refractivity contribution in [2.45, 2.75) is 33.0 Å². The zero-order valence-corrected chi connectivity index (χ0v) is 19.4. The third-order valence-electron chi connectivity index (χ3n) is 5.28. The summed E-state index contributed by atoms with van der Waals surface area (Å²) in [6, 6.07) is 26.7. The van der Waals surface area contributed by atoms with Gasteiger partial charge in [-0.15, -0.1) is 0 Å². The summed E-state index contributed by atoms with van der Waals surface area (Å²) in [6.07, 6.45) is 0.262. The normalized spacial score (nSPS) is 11.3. The molecule has 4 aromatic rings. The zero-order chi connectivity index (χ0) is 24.5. The highest BCUT2D eigenvalue weighted by Gasteiger charge is 2.12. The summed E-state index contributed by atoms with van der Waals surface area (Å²) in [5, 5.41) is 13.3. The van der Waals surface area contributed by atoms with Crippen LogP contribution in [0.3, 0.4) is 0 Å². The quantitative estimate of drug-likeness (QED) is 0.213. The Morgan fingerprint density at radius 3 is 2.43 bits per heavy atom. The highest BCUT2D eigenvalue weighted by molar-refractivity contribution is 6.01. The van der Waals surface area contributed by atoms with Crippen LogP contribution < -0.4 is 4.74 Å². The van der Waals surface area contributed by atoms with Gasteiger partial charge in [-0.1, -0.05) is 65.8 Å². The van der Waals surface area contributed by atoms with Crippen molar-refractivity contribution in [3.63, 3.8) is 0 Å². The van der Waals surface area contributed by atoms with E-state index in [2.05, 4.69) is 10.1 Å². The molecule has 1 aromatic heterocycles. The maximum atomic E-state index is 11.0. The second-order valence-corrected chi connectivity index (χ2v) is 7.90. The molecule has 178 valence electrons. The van der Waals surface area contributed by atoms with E-state index in [0.717, 1.165) is 22.4 Å². The van der Waals surface area contributed by atoms with E-state index in [0.29, 0.717) is 23.1 Å². The fourth-order valence-electron chi connectivity index (χ4n) is 3.43. The molecule has 0 fully saturated rings. The van der Waals surface area contributed by atoms with Crippen molar-refractivity contribution in [3.05, 3.63) is 108 Å². The standard InChI is InChI=1S/C28H26N2O5/c1-20-26(29-28(35-20)23-12-6-3-7-13-23)19-33-24-14-8-9-21(17-24)18-34-30-25(15-16-27(31)32)22-10-4-2-5-11-22/h2-14,17H,15-16,18-19H2,1H3,(H,31,32). The number of carbonyl (C=O) groups is 1. The van der Waals surface area contributed by atoms with Crippen LogP contribution in [-0.4, -0.2) is 21.8 Å². The van der Waals surface area contributed by atoms with Gasteiger partial charge in [0, 0.05) is 12.0 Å². The van der Waals surface area contributed by atoms with Crippen LogP contribution in [0.25, 0.3) is 11.5 Å². The van der Waals surface area contributed by atoms with Crippen molar-refractivity contribution in [2.75, 3.05) is 0 Å². The Morgan fingerprint density at radius 2 is 1.69 bits per heavy atom. The average molecular weight is 471 g/mol. The first-order valence-electron chi connectivity index (χ1n) is 11.3. The molecule has 0 saturated heterocycles. The summed E-state index contributed by atoms with van der Waals surface area (Å²) in [4.78, 5) is 21.1. The highest BCUT2D eigenvalue weighted by atomic mass is 16.6. The number of aryl methyl sites for hydroxylation is 1. The summed E-state index contributed by atoms with van der Waals surface area (Å²) in [5.41, 5.74) is 3.96. The zero-order valence-electron chi connectivity index (χ0n) is 19.4. The summed E-state index contributed by atoms with van der Waals surface area (Å²) in [7, 11) is 0. The monoisotopic (exact) mass is 470 g/mol. The molecule has 3 aromatic carbocycles. The van der Waals surface area contributed by atoms with Crippen LogP contribution in [0, 0.1) is 6.92 Å². The van der Waals surface area contributed by atoms with Crippen LogP contribution in [0.5, 0.6) is 5.75 Å². The number of rotatable bonds is 11. The van der Waals surface area contributed by atoms with Gasteiger partial charge in [-0.3, -0.25) is 4.79 Å². The average Bonchev–Trinajstić information content (AvgIpc) is 3.26. The molecule has 4 rings (SSSR count). The molecule has 0 spiro atoms. The topological polar surface area (TPSA) is 94.2 Å². The molecule has 0 radical (unpaired) electrons. The van der Waals surface area contributed by atoms with E-state index in [-0.39, 0.29) is 26.1 Å². The van der Waals surface area contributed by atoms with Crippen molar-refractivity contribution in [3.8, 4) is 17.2 Å². The number of aromatic nitrogens is 1. The third-order valence-corrected chi connectivity index (χ3v) is 5.28. The lowest BCUT2D eigenvalue weighted by Crippen LogP contribution is -2.06. The lowest BCUT2D eigenvalue weighted by molar-refractivity contribution is -0.136. The van der Waals surface area contributed by atoms with E-state index in [1.54, 1.807) is 0 Å². The minimum absolute atomic E-state index is 0.0200. The first-order valence-corrected chi connectivity index (χ1v) is 11.3. The molecule has 35 heavy (non-hydrogen) atoms. The van der Waals surface area contributed by atoms with Crippen LogP contribution in [0.4, 0.5) is 0 Å². The molecule has 0 amide bonds. The lowest BCUT2D eigenvalue weighted by Gasteiger charge is -2.08. The van der Waals surface area contributed by atoms with Crippen molar-refractivity contribution in [2.24, 2.45) is 5.16 Å². The van der Waals surface area contributed by atoms with Gasteiger partial charge < -0.3 is 19.1 Å². The Hall–Kier alpha value is -4.39. The van der Waals surface area contributed by atoms with Crippen molar-refractivity contribution in [1.82, 2.24) is 4.98 Å². The smallest absolute Gasteiger partial charge is 0.303 e. The molecule has 7 heteroatoms. The third kappa shape index (κ3) is 6.80. The second kappa shape index (κ2) is 11.7. The molecule has 0 aliphatic rings. The number of carboxylic acids is 1. The fraction of sp³-hybridized carbons (Fsp3) is 0.179. The van der Waals surface area contributed by atoms with Crippen LogP contribution in [0.2, 0.25) is 0 Å². The summed E-state index contributed by atoms with van der Waals surface area (Å²) in [5.74, 6) is 1.08. The molecule has 0 aliphatic carbocycles. The van der Waals surface area contributed by atoms with Crippen LogP contribution in [0.1, 0.15) is 35.4 Å². The number of benzene rings is 3. The van der Waals surface area contributed by atoms with Crippen molar-refractivity contribution in [1.29, 1.82) is 0 Å². The number of aliphatic carboxylic acids is 1. The Labute approximate surface area is 203 Å². The van der Waals surface area contributed by atoms with E-state index in [1.165, 1.54) is 0 Å². The van der Waals surface area contributed by atoms with E-state index in [1.807, 2.05) is 91.9 Å². The van der Waals surface area contributed by atoms with Crippen molar-refractivity contribution >= 4 is 11.7 Å². The maximum absolute atomic E-state index is 11.0. The molecular formula is C28H26N2O5. The number of oxazole rings is 1. The SMILES string of the molecule is Cc1oc(-c2ccccc2)nc1COc1cccc(CON=C(CCC(=O)O)c2ccccc2)c1. The van der Waals surface area contributed by atoms with Gasteiger partial charge in [0.15, 0.2) is 0 Å². The number of hydrogen-bond donors (Lipinski definition) is 1. The first kappa shape index (κ1) is 23.8. The van der Waals surface area contributed by atoms with Gasteiger partial charge in [-0.2, -0.15) is 0 Å². The summed E-state index contributed by atoms with van der Waals surface area (Å²) in [6.45, 7) is 2.37. The van der Waals surface area contributed by atoms with Crippen molar-refractivity contribution < 1.29 is 23.9 Å².